The molecule has 0 unspecified atom stereocenters. The van der Waals surface area contributed by atoms with Crippen molar-refractivity contribution in [3.63, 3.8) is 0 Å². The van der Waals surface area contributed by atoms with Crippen molar-refractivity contribution in [3.8, 4) is 22.3 Å². The van der Waals surface area contributed by atoms with Crippen LogP contribution in [0.3, 0.4) is 0 Å². The van der Waals surface area contributed by atoms with E-state index in [4.69, 9.17) is 5.73 Å². The average molecular weight is 425 g/mol. The van der Waals surface area contributed by atoms with Gasteiger partial charge < -0.3 is 16.0 Å². The summed E-state index contributed by atoms with van der Waals surface area (Å²) >= 11 is 0. The molecule has 0 fully saturated rings. The van der Waals surface area contributed by atoms with Crippen LogP contribution in [0.5, 0.6) is 0 Å². The first-order valence-corrected chi connectivity index (χ1v) is 10.7. The number of anilines is 2. The lowest BCUT2D eigenvalue weighted by atomic mass is 10.0. The lowest BCUT2D eigenvalue weighted by Crippen LogP contribution is -2.27. The van der Waals surface area contributed by atoms with Crippen LogP contribution in [0.25, 0.3) is 22.3 Å². The number of nitrogens with one attached hydrogen (secondary N) is 1. The number of hydrogen-bond donors (Lipinski definition) is 3. The molecular weight excluding hydrogens is 400 g/mol. The molecule has 156 valence electrons. The van der Waals surface area contributed by atoms with Crippen LogP contribution in [-0.2, 0) is 21.3 Å². The van der Waals surface area contributed by atoms with Crippen LogP contribution >= 0.6 is 0 Å². The number of hydrogen-bond acceptors (Lipinski definition) is 6. The molecule has 0 spiro atoms. The first-order valence-electron chi connectivity index (χ1n) is 9.33. The normalized spacial score (nSPS) is 11.1. The number of likely N-dealkylation sites (N-methyl/N-ethyl adjacent to an activating group) is 1. The molecule has 0 saturated heterocycles. The number of thiol groups is 1. The van der Waals surface area contributed by atoms with Gasteiger partial charge in [-0.2, -0.15) is 0 Å². The topological polar surface area (TPSA) is 105 Å². The van der Waals surface area contributed by atoms with E-state index in [2.05, 4.69) is 10.3 Å². The van der Waals surface area contributed by atoms with Crippen LogP contribution in [-0.4, -0.2) is 44.8 Å². The number of nitrogens with two attached hydrogens (primary N) is 1. The molecule has 0 radical (unpaired) electrons. The van der Waals surface area contributed by atoms with Gasteiger partial charge in [0.25, 0.3) is 0 Å². The largest absolute Gasteiger partial charge is 0.383 e. The minimum absolute atomic E-state index is 0.0261. The minimum atomic E-state index is -2.45. The fourth-order valence-electron chi connectivity index (χ4n) is 3.04. The smallest absolute Gasteiger partial charge is 0.238 e. The molecule has 30 heavy (non-hydrogen) atoms. The Hall–Kier alpha value is -3.23. The summed E-state index contributed by atoms with van der Waals surface area (Å²) in [4.78, 5) is 18.0. The second kappa shape index (κ2) is 9.51. The Balaban J connectivity index is 1.82. The SMILES string of the molecule is CN(C)CC(=O)Nc1ccc(-c2cc(-c3ccc(C[SH](=O)=O)cc3)cnc2N)cc1. The van der Waals surface area contributed by atoms with E-state index in [1.54, 1.807) is 23.2 Å². The first-order chi connectivity index (χ1) is 14.3. The molecule has 7 nitrogen and oxygen atoms in total. The third kappa shape index (κ3) is 5.65. The number of amides is 1. The number of carbonyl (C=O) groups excluding carboxylic acids is 1. The zero-order valence-electron chi connectivity index (χ0n) is 16.8. The van der Waals surface area contributed by atoms with Crippen molar-refractivity contribution in [3.05, 3.63) is 66.4 Å². The quantitative estimate of drug-likeness (QED) is 0.504. The molecule has 0 atom stereocenters. The van der Waals surface area contributed by atoms with Crippen molar-refractivity contribution < 1.29 is 13.2 Å². The van der Waals surface area contributed by atoms with Gasteiger partial charge in [0, 0.05) is 23.0 Å². The fourth-order valence-corrected chi connectivity index (χ4v) is 3.55. The van der Waals surface area contributed by atoms with E-state index < -0.39 is 10.7 Å². The molecule has 3 aromatic rings. The van der Waals surface area contributed by atoms with Crippen molar-refractivity contribution in [2.75, 3.05) is 31.7 Å². The van der Waals surface area contributed by atoms with Gasteiger partial charge in [-0.05, 0) is 49.0 Å². The lowest BCUT2D eigenvalue weighted by Gasteiger charge is -2.12. The van der Waals surface area contributed by atoms with E-state index in [0.717, 1.165) is 27.8 Å². The Bertz CT molecular complexity index is 1100. The van der Waals surface area contributed by atoms with E-state index in [0.29, 0.717) is 18.1 Å². The first kappa shape index (κ1) is 21.5. The van der Waals surface area contributed by atoms with E-state index in [1.165, 1.54) is 0 Å². The van der Waals surface area contributed by atoms with Gasteiger partial charge in [0.1, 0.15) is 16.5 Å². The summed E-state index contributed by atoms with van der Waals surface area (Å²) in [5, 5.41) is 2.85. The monoisotopic (exact) mass is 424 g/mol. The number of carbonyl (C=O) groups is 1. The summed E-state index contributed by atoms with van der Waals surface area (Å²) in [7, 11) is 1.22. The molecule has 0 saturated carbocycles. The van der Waals surface area contributed by atoms with Crippen molar-refractivity contribution in [2.24, 2.45) is 0 Å². The van der Waals surface area contributed by atoms with Gasteiger partial charge in [0.2, 0.25) is 5.91 Å². The number of aromatic nitrogens is 1. The Kier molecular flexibility index (Phi) is 6.81. The molecule has 0 bridgehead atoms. The molecular formula is C22H24N4O3S. The highest BCUT2D eigenvalue weighted by Crippen LogP contribution is 2.30. The van der Waals surface area contributed by atoms with E-state index >= 15 is 0 Å². The van der Waals surface area contributed by atoms with E-state index in [1.807, 2.05) is 56.6 Å². The highest BCUT2D eigenvalue weighted by Gasteiger charge is 2.09. The van der Waals surface area contributed by atoms with Gasteiger partial charge in [-0.25, -0.2) is 13.4 Å². The van der Waals surface area contributed by atoms with Crippen molar-refractivity contribution >= 4 is 28.1 Å². The molecule has 1 heterocycles. The van der Waals surface area contributed by atoms with Crippen molar-refractivity contribution in [1.29, 1.82) is 0 Å². The molecule has 1 aromatic heterocycles. The molecule has 2 aromatic carbocycles. The third-order valence-electron chi connectivity index (χ3n) is 4.46. The van der Waals surface area contributed by atoms with Crippen LogP contribution in [0.1, 0.15) is 5.56 Å². The zero-order chi connectivity index (χ0) is 21.7. The van der Waals surface area contributed by atoms with E-state index in [-0.39, 0.29) is 11.7 Å². The molecule has 0 aliphatic rings. The Labute approximate surface area is 177 Å². The highest BCUT2D eigenvalue weighted by atomic mass is 32.2. The Morgan fingerprint density at radius 1 is 1.00 bits per heavy atom. The summed E-state index contributed by atoms with van der Waals surface area (Å²) < 4.78 is 21.8. The van der Waals surface area contributed by atoms with Crippen molar-refractivity contribution in [2.45, 2.75) is 5.75 Å². The highest BCUT2D eigenvalue weighted by molar-refractivity contribution is 7.71. The van der Waals surface area contributed by atoms with Gasteiger partial charge in [-0.15, -0.1) is 0 Å². The number of benzene rings is 2. The maximum absolute atomic E-state index is 11.9. The van der Waals surface area contributed by atoms with Crippen LogP contribution in [0.4, 0.5) is 11.5 Å². The van der Waals surface area contributed by atoms with Crippen LogP contribution in [0.2, 0.25) is 0 Å². The number of nitrogen functional groups attached to an aromatic ring is 1. The van der Waals surface area contributed by atoms with Gasteiger partial charge in [-0.3, -0.25) is 4.79 Å². The van der Waals surface area contributed by atoms with Gasteiger partial charge in [0.05, 0.1) is 12.3 Å². The van der Waals surface area contributed by atoms with Crippen molar-refractivity contribution in [1.82, 2.24) is 9.88 Å². The molecule has 0 aliphatic heterocycles. The number of nitrogens with zero attached hydrogens (tertiary/aromatic N) is 2. The molecule has 0 aliphatic carbocycles. The summed E-state index contributed by atoms with van der Waals surface area (Å²) in [5.74, 6) is 0.349. The Morgan fingerprint density at radius 2 is 1.63 bits per heavy atom. The molecule has 8 heteroatoms. The molecule has 1 amide bonds. The van der Waals surface area contributed by atoms with E-state index in [9.17, 15) is 13.2 Å². The predicted molar refractivity (Wildman–Crippen MR) is 121 cm³/mol. The summed E-state index contributed by atoms with van der Waals surface area (Å²) in [6.07, 6.45) is 1.69. The summed E-state index contributed by atoms with van der Waals surface area (Å²) in [6.45, 7) is 0.310. The van der Waals surface area contributed by atoms with Gasteiger partial charge in [0.15, 0.2) is 0 Å². The summed E-state index contributed by atoms with van der Waals surface area (Å²) in [5.41, 5.74) is 11.0. The van der Waals surface area contributed by atoms with Gasteiger partial charge >= 0.3 is 0 Å². The van der Waals surface area contributed by atoms with Crippen LogP contribution < -0.4 is 11.1 Å². The Morgan fingerprint density at radius 3 is 2.23 bits per heavy atom. The minimum Gasteiger partial charge on any atom is -0.383 e. The fraction of sp³-hybridized carbons (Fsp3) is 0.182. The maximum atomic E-state index is 11.9. The standard InChI is InChI=1S/C22H24N4O3S/c1-26(2)13-21(27)25-19-9-7-17(8-10-19)20-11-18(12-24-22(20)23)16-5-3-15(4-6-16)14-30(28)29/h3-12,30H,13-14H2,1-2H3,(H2,23,24)(H,25,27). The zero-order valence-corrected chi connectivity index (χ0v) is 17.7. The molecule has 3 rings (SSSR count). The maximum Gasteiger partial charge on any atom is 0.238 e. The predicted octanol–water partition coefficient (Wildman–Crippen LogP) is 2.61. The number of pyridine rings is 1. The lowest BCUT2D eigenvalue weighted by molar-refractivity contribution is -0.116. The van der Waals surface area contributed by atoms with Crippen LogP contribution in [0, 0.1) is 0 Å². The molecule has 3 N–H and O–H groups in total. The average Bonchev–Trinajstić information content (AvgIpc) is 2.69. The summed E-state index contributed by atoms with van der Waals surface area (Å²) in [6, 6.07) is 16.7. The van der Waals surface area contributed by atoms with Crippen LogP contribution in [0.15, 0.2) is 60.8 Å². The third-order valence-corrected chi connectivity index (χ3v) is 5.08. The second-order valence-electron chi connectivity index (χ2n) is 7.21. The second-order valence-corrected chi connectivity index (χ2v) is 8.19. The number of rotatable bonds is 7. The van der Waals surface area contributed by atoms with Gasteiger partial charge in [-0.1, -0.05) is 36.4 Å².